The Labute approximate surface area is 165 Å². The minimum atomic E-state index is -2.77. The summed E-state index contributed by atoms with van der Waals surface area (Å²) in [5.74, 6) is -0.256. The lowest BCUT2D eigenvalue weighted by Gasteiger charge is -2.16. The van der Waals surface area contributed by atoms with E-state index in [0.717, 1.165) is 9.55 Å². The molecule has 7 nitrogen and oxygen atoms in total. The van der Waals surface area contributed by atoms with E-state index in [2.05, 4.69) is 31.4 Å². The van der Waals surface area contributed by atoms with E-state index in [1.807, 2.05) is 6.92 Å². The highest BCUT2D eigenvalue weighted by Crippen LogP contribution is 2.30. The molecule has 0 aliphatic rings. The second-order valence-electron chi connectivity index (χ2n) is 6.06. The smallest absolute Gasteiger partial charge is 0.271 e. The van der Waals surface area contributed by atoms with Gasteiger partial charge >= 0.3 is 0 Å². The van der Waals surface area contributed by atoms with Crippen molar-refractivity contribution in [3.05, 3.63) is 43.0 Å². The number of hydrogen-bond donors (Lipinski definition) is 1. The molecule has 1 N–H and O–H groups in total. The summed E-state index contributed by atoms with van der Waals surface area (Å²) in [6, 6.07) is 0.796. The lowest BCUT2D eigenvalue weighted by molar-refractivity contribution is -0.120. The minimum absolute atomic E-state index is 0.155. The van der Waals surface area contributed by atoms with Gasteiger partial charge in [0, 0.05) is 4.88 Å². The third kappa shape index (κ3) is 3.41. The minimum Gasteiger partial charge on any atom is -0.271 e. The maximum atomic E-state index is 13.0. The number of rotatable bonds is 4. The Bertz CT molecular complexity index is 1100. The van der Waals surface area contributed by atoms with E-state index in [9.17, 15) is 18.4 Å². The Balaban J connectivity index is 1.95. The van der Waals surface area contributed by atoms with Gasteiger partial charge in [0.05, 0.1) is 15.6 Å². The first-order valence-corrected chi connectivity index (χ1v) is 9.56. The first-order valence-electron chi connectivity index (χ1n) is 7.95. The van der Waals surface area contributed by atoms with Gasteiger partial charge in [-0.05, 0) is 49.7 Å². The van der Waals surface area contributed by atoms with Crippen LogP contribution in [0.4, 0.5) is 8.78 Å². The maximum Gasteiger partial charge on any atom is 0.283 e. The van der Waals surface area contributed by atoms with Crippen LogP contribution in [0.25, 0.3) is 10.2 Å². The number of nitrogens with zero attached hydrogens (tertiary/aromatic N) is 4. The van der Waals surface area contributed by atoms with Crippen LogP contribution in [0.15, 0.2) is 15.3 Å². The molecule has 3 heterocycles. The molecule has 0 saturated heterocycles. The van der Waals surface area contributed by atoms with Gasteiger partial charge in [-0.3, -0.25) is 19.7 Å². The Hall–Kier alpha value is -2.14. The van der Waals surface area contributed by atoms with Gasteiger partial charge in [0.1, 0.15) is 22.4 Å². The van der Waals surface area contributed by atoms with Crippen LogP contribution in [0.1, 0.15) is 41.5 Å². The van der Waals surface area contributed by atoms with Crippen molar-refractivity contribution >= 4 is 43.4 Å². The molecule has 0 radical (unpaired) electrons. The number of fused-ring (bicyclic) bond motifs is 1. The second-order valence-corrected chi connectivity index (χ2v) is 8.09. The highest BCUT2D eigenvalue weighted by atomic mass is 79.9. The van der Waals surface area contributed by atoms with Crippen molar-refractivity contribution in [1.29, 1.82) is 0 Å². The van der Waals surface area contributed by atoms with E-state index in [-0.39, 0.29) is 4.47 Å². The van der Waals surface area contributed by atoms with E-state index in [1.54, 1.807) is 19.9 Å². The van der Waals surface area contributed by atoms with Crippen molar-refractivity contribution in [3.63, 3.8) is 0 Å². The average Bonchev–Trinajstić information content (AvgIpc) is 3.11. The molecule has 0 saturated carbocycles. The second kappa shape index (κ2) is 7.12. The van der Waals surface area contributed by atoms with Crippen molar-refractivity contribution in [2.24, 2.45) is 0 Å². The number of aryl methyl sites for hydroxylation is 2. The summed E-state index contributed by atoms with van der Waals surface area (Å²) in [7, 11) is 0. The molecule has 0 aliphatic heterocycles. The number of alkyl halides is 2. The number of carbonyl (C=O) groups is 1. The van der Waals surface area contributed by atoms with Gasteiger partial charge in [0.2, 0.25) is 0 Å². The van der Waals surface area contributed by atoms with Crippen LogP contribution >= 0.6 is 27.3 Å². The molecule has 0 unspecified atom stereocenters. The number of carbonyl (C=O) groups excluding carboxylic acids is 1. The molecule has 0 spiro atoms. The van der Waals surface area contributed by atoms with Gasteiger partial charge < -0.3 is 0 Å². The molecule has 0 fully saturated rings. The number of aromatic nitrogens is 4. The van der Waals surface area contributed by atoms with Crippen LogP contribution in [0.5, 0.6) is 0 Å². The molecule has 0 aliphatic carbocycles. The molecule has 1 atom stereocenters. The summed E-state index contributed by atoms with van der Waals surface area (Å²) in [5.41, 5.74) is 2.07. The van der Waals surface area contributed by atoms with Gasteiger partial charge in [0.25, 0.3) is 17.9 Å². The molecule has 27 heavy (non-hydrogen) atoms. The van der Waals surface area contributed by atoms with Crippen LogP contribution in [-0.4, -0.2) is 25.3 Å². The van der Waals surface area contributed by atoms with Gasteiger partial charge in [-0.2, -0.15) is 5.10 Å². The molecular formula is C16H16BrF2N5O2S. The summed E-state index contributed by atoms with van der Waals surface area (Å²) < 4.78 is 28.5. The van der Waals surface area contributed by atoms with Gasteiger partial charge in [-0.15, -0.1) is 11.3 Å². The van der Waals surface area contributed by atoms with Crippen LogP contribution in [-0.2, 0) is 4.79 Å². The van der Waals surface area contributed by atoms with E-state index < -0.39 is 29.6 Å². The van der Waals surface area contributed by atoms with Gasteiger partial charge in [-0.1, -0.05) is 0 Å². The SMILES string of the molecule is Cc1cc2c(=O)n(NC(=O)[C@@H](C)n3nc(C(F)F)c(Br)c3C)c(C)nc2s1. The summed E-state index contributed by atoms with van der Waals surface area (Å²) in [6.45, 7) is 6.56. The standard InChI is InChI=1S/C16H16BrF2N5O2S/c1-6-5-10-15(27-6)20-9(4)24(16(10)26)22-14(25)8(3)23-7(2)11(17)12(21-23)13(18)19/h5,8,13H,1-4H3,(H,22,25)/t8-/m1/s1. The topological polar surface area (TPSA) is 81.8 Å². The summed E-state index contributed by atoms with van der Waals surface area (Å²) in [6.07, 6.45) is -2.77. The number of thiophene rings is 1. The molecule has 3 rings (SSSR count). The van der Waals surface area contributed by atoms with Crippen molar-refractivity contribution in [1.82, 2.24) is 19.4 Å². The Morgan fingerprint density at radius 2 is 2.00 bits per heavy atom. The predicted molar refractivity (Wildman–Crippen MR) is 102 cm³/mol. The molecule has 144 valence electrons. The third-order valence-electron chi connectivity index (χ3n) is 4.13. The van der Waals surface area contributed by atoms with E-state index in [1.165, 1.54) is 22.9 Å². The monoisotopic (exact) mass is 459 g/mol. The summed E-state index contributed by atoms with van der Waals surface area (Å²) >= 11 is 4.47. The van der Waals surface area contributed by atoms with Crippen molar-refractivity contribution in [2.75, 3.05) is 5.43 Å². The fraction of sp³-hybridized carbons (Fsp3) is 0.375. The fourth-order valence-corrected chi connectivity index (χ4v) is 4.04. The number of hydrogen-bond acceptors (Lipinski definition) is 5. The molecule has 3 aromatic rings. The fourth-order valence-electron chi connectivity index (χ4n) is 2.69. The number of halogens is 3. The summed E-state index contributed by atoms with van der Waals surface area (Å²) in [4.78, 5) is 31.2. The van der Waals surface area contributed by atoms with Gasteiger partial charge in [-0.25, -0.2) is 18.4 Å². The number of nitrogens with one attached hydrogen (secondary N) is 1. The zero-order valence-corrected chi connectivity index (χ0v) is 17.3. The molecule has 0 aromatic carbocycles. The molecular weight excluding hydrogens is 444 g/mol. The zero-order chi connectivity index (χ0) is 20.0. The molecule has 3 aromatic heterocycles. The lowest BCUT2D eigenvalue weighted by Crippen LogP contribution is -2.38. The van der Waals surface area contributed by atoms with E-state index >= 15 is 0 Å². The first kappa shape index (κ1) is 19.6. The quantitative estimate of drug-likeness (QED) is 0.645. The Morgan fingerprint density at radius 3 is 2.59 bits per heavy atom. The Morgan fingerprint density at radius 1 is 1.33 bits per heavy atom. The normalized spacial score (nSPS) is 12.7. The van der Waals surface area contributed by atoms with Crippen molar-refractivity contribution in [3.8, 4) is 0 Å². The lowest BCUT2D eigenvalue weighted by atomic mass is 10.3. The highest BCUT2D eigenvalue weighted by Gasteiger charge is 2.26. The largest absolute Gasteiger partial charge is 0.283 e. The average molecular weight is 460 g/mol. The van der Waals surface area contributed by atoms with Crippen molar-refractivity contribution < 1.29 is 13.6 Å². The molecule has 1 amide bonds. The predicted octanol–water partition coefficient (Wildman–Crippen LogP) is 3.61. The van der Waals surface area contributed by atoms with Gasteiger partial charge in [0.15, 0.2) is 0 Å². The van der Waals surface area contributed by atoms with Crippen LogP contribution in [0.2, 0.25) is 0 Å². The highest BCUT2D eigenvalue weighted by molar-refractivity contribution is 9.10. The van der Waals surface area contributed by atoms with E-state index in [0.29, 0.717) is 21.7 Å². The van der Waals surface area contributed by atoms with Crippen LogP contribution in [0, 0.1) is 20.8 Å². The van der Waals surface area contributed by atoms with Crippen LogP contribution < -0.4 is 11.0 Å². The molecule has 0 bridgehead atoms. The van der Waals surface area contributed by atoms with Crippen molar-refractivity contribution in [2.45, 2.75) is 40.2 Å². The molecule has 11 heteroatoms. The Kier molecular flexibility index (Phi) is 5.17. The maximum absolute atomic E-state index is 13.0. The number of amides is 1. The zero-order valence-electron chi connectivity index (χ0n) is 14.9. The first-order chi connectivity index (χ1) is 12.6. The summed E-state index contributed by atoms with van der Waals surface area (Å²) in [5, 5.41) is 4.24. The third-order valence-corrected chi connectivity index (χ3v) is 6.06. The van der Waals surface area contributed by atoms with Crippen LogP contribution in [0.3, 0.4) is 0 Å². The van der Waals surface area contributed by atoms with E-state index in [4.69, 9.17) is 0 Å².